The van der Waals surface area contributed by atoms with E-state index >= 15 is 0 Å². The van der Waals surface area contributed by atoms with Crippen LogP contribution in [0.4, 0.5) is 4.79 Å². The molecule has 0 unspecified atom stereocenters. The Bertz CT molecular complexity index is 131. The van der Waals surface area contributed by atoms with Gasteiger partial charge in [-0.25, -0.2) is 0 Å². The Balaban J connectivity index is 2.53. The van der Waals surface area contributed by atoms with Gasteiger partial charge in [-0.3, -0.25) is 0 Å². The highest BCUT2D eigenvalue weighted by atomic mass is 16.2. The van der Waals surface area contributed by atoms with Crippen LogP contribution in [-0.2, 0) is 0 Å². The fourth-order valence-electron chi connectivity index (χ4n) is 0.424. The van der Waals surface area contributed by atoms with Crippen molar-refractivity contribution in [3.05, 3.63) is 0 Å². The number of amides is 2. The first kappa shape index (κ1) is 5.17. The van der Waals surface area contributed by atoms with E-state index in [0.29, 0.717) is 6.54 Å². The second-order valence-electron chi connectivity index (χ2n) is 1.32. The van der Waals surface area contributed by atoms with E-state index in [-0.39, 0.29) is 6.03 Å². The minimum Gasteiger partial charge on any atom is -0.197 e. The second kappa shape index (κ2) is 1.87. The first-order valence-electron chi connectivity index (χ1n) is 2.32. The van der Waals surface area contributed by atoms with E-state index < -0.39 is 0 Å². The molecule has 0 aromatic rings. The number of rotatable bonds is 1. The van der Waals surface area contributed by atoms with Gasteiger partial charge in [0.25, 0.3) is 0 Å². The number of hydrogen-bond acceptors (Lipinski definition) is 3. The summed E-state index contributed by atoms with van der Waals surface area (Å²) in [5, 5.41) is 7.94. The third kappa shape index (κ3) is 0.671. The quantitative estimate of drug-likeness (QED) is 0.484. The van der Waals surface area contributed by atoms with Gasteiger partial charge in [0.1, 0.15) is 5.22 Å². The van der Waals surface area contributed by atoms with E-state index in [1.54, 1.807) is 0 Å². The molecule has 1 aliphatic rings. The summed E-state index contributed by atoms with van der Waals surface area (Å²) in [4.78, 5) is 10.4. The smallest absolute Gasteiger partial charge is 0.197 e. The molecule has 5 nitrogen and oxygen atoms in total. The van der Waals surface area contributed by atoms with Gasteiger partial charge < -0.3 is 0 Å². The highest BCUT2D eigenvalue weighted by Gasteiger charge is 2.30. The van der Waals surface area contributed by atoms with Crippen LogP contribution in [0.5, 0.6) is 0 Å². The zero-order chi connectivity index (χ0) is 5.98. The van der Waals surface area contributed by atoms with Crippen LogP contribution in [0.2, 0.25) is 0 Å². The lowest BCUT2D eigenvalue weighted by Crippen LogP contribution is -2.31. The average molecular weight is 114 g/mol. The molecule has 1 radical (unpaired) electrons. The topological polar surface area (TPSA) is 59.7 Å². The third-order valence-corrected chi connectivity index (χ3v) is 0.832. The molecule has 1 N–H and O–H groups in total. The van der Waals surface area contributed by atoms with Crippen LogP contribution in [0, 0.1) is 0 Å². The molecule has 0 aromatic carbocycles. The van der Waals surface area contributed by atoms with Crippen LogP contribution in [0.1, 0.15) is 6.92 Å². The molecule has 0 atom stereocenters. The van der Waals surface area contributed by atoms with Crippen LogP contribution in [0.25, 0.3) is 0 Å². The van der Waals surface area contributed by atoms with E-state index in [1.807, 2.05) is 6.92 Å². The highest BCUT2D eigenvalue weighted by Crippen LogP contribution is 1.91. The predicted octanol–water partition coefficient (Wildman–Crippen LogP) is 0.152. The molecule has 5 heteroatoms. The molecular weight excluding hydrogens is 108 g/mol. The summed E-state index contributed by atoms with van der Waals surface area (Å²) in [5.41, 5.74) is 2.17. The second-order valence-corrected chi connectivity index (χ2v) is 1.32. The molecule has 0 bridgehead atoms. The average Bonchev–Trinajstić information content (AvgIpc) is 2.14. The van der Waals surface area contributed by atoms with Crippen molar-refractivity contribution in [2.24, 2.45) is 10.4 Å². The van der Waals surface area contributed by atoms with Gasteiger partial charge in [-0.1, -0.05) is 0 Å². The molecule has 0 fully saturated rings. The number of urea groups is 1. The summed E-state index contributed by atoms with van der Waals surface area (Å²) in [6, 6.07) is -0.257. The van der Waals surface area contributed by atoms with Crippen molar-refractivity contribution in [3.8, 4) is 0 Å². The van der Waals surface area contributed by atoms with Crippen LogP contribution in [0.15, 0.2) is 10.4 Å². The Labute approximate surface area is 46.3 Å². The Hall–Kier alpha value is -0.970. The largest absolute Gasteiger partial charge is 0.518 e. The summed E-state index contributed by atoms with van der Waals surface area (Å²) in [6.07, 6.45) is 0. The van der Waals surface area contributed by atoms with Crippen LogP contribution < -0.4 is 10.4 Å². The van der Waals surface area contributed by atoms with E-state index in [4.69, 9.17) is 0 Å². The fourth-order valence-corrected chi connectivity index (χ4v) is 0.424. The van der Waals surface area contributed by atoms with Crippen molar-refractivity contribution in [1.29, 1.82) is 0 Å². The van der Waals surface area contributed by atoms with Gasteiger partial charge in [0.15, 0.2) is 6.54 Å². The van der Waals surface area contributed by atoms with Crippen molar-refractivity contribution in [3.63, 3.8) is 0 Å². The SMILES string of the molecule is CC[N+]1N=NNC1=O. The summed E-state index contributed by atoms with van der Waals surface area (Å²) < 4.78 is 0. The maximum atomic E-state index is 10.4. The van der Waals surface area contributed by atoms with Gasteiger partial charge in [0.05, 0.1) is 5.01 Å². The summed E-state index contributed by atoms with van der Waals surface area (Å²) in [6.45, 7) is 2.39. The summed E-state index contributed by atoms with van der Waals surface area (Å²) in [7, 11) is 0. The lowest BCUT2D eigenvalue weighted by molar-refractivity contribution is 0.233. The van der Waals surface area contributed by atoms with Crippen molar-refractivity contribution in [1.82, 2.24) is 10.4 Å². The lowest BCUT2D eigenvalue weighted by atomic mass is 10.7. The minimum absolute atomic E-state index is 0.257. The predicted molar refractivity (Wildman–Crippen MR) is 26.1 cm³/mol. The van der Waals surface area contributed by atoms with Gasteiger partial charge in [0, 0.05) is 0 Å². The van der Waals surface area contributed by atoms with Crippen molar-refractivity contribution >= 4 is 6.03 Å². The van der Waals surface area contributed by atoms with Crippen molar-refractivity contribution < 1.29 is 4.79 Å². The fraction of sp³-hybridized carbons (Fsp3) is 0.667. The first-order chi connectivity index (χ1) is 3.84. The maximum absolute atomic E-state index is 10.4. The number of hydrogen-bond donors (Lipinski definition) is 1. The maximum Gasteiger partial charge on any atom is 0.518 e. The van der Waals surface area contributed by atoms with Gasteiger partial charge in [0.2, 0.25) is 0 Å². The number of nitrogens with one attached hydrogen (secondary N) is 1. The molecule has 8 heavy (non-hydrogen) atoms. The zero-order valence-electron chi connectivity index (χ0n) is 4.46. The minimum atomic E-state index is -0.257. The van der Waals surface area contributed by atoms with Crippen LogP contribution in [0.3, 0.4) is 0 Å². The van der Waals surface area contributed by atoms with Crippen molar-refractivity contribution in [2.45, 2.75) is 6.92 Å². The molecule has 1 aliphatic heterocycles. The lowest BCUT2D eigenvalue weighted by Gasteiger charge is -1.82. The van der Waals surface area contributed by atoms with E-state index in [0.717, 1.165) is 0 Å². The standard InChI is InChI=1S/C3H6N4O/c1-2-7-3(8)4-5-6-7/h2H2,1H3,(H,4,6,8)/q+1. The van der Waals surface area contributed by atoms with E-state index in [2.05, 4.69) is 15.9 Å². The molecule has 0 saturated heterocycles. The van der Waals surface area contributed by atoms with Crippen LogP contribution in [-0.4, -0.2) is 12.6 Å². The molecule has 0 saturated carbocycles. The van der Waals surface area contributed by atoms with E-state index in [9.17, 15) is 4.79 Å². The molecule has 0 spiro atoms. The Kier molecular flexibility index (Phi) is 1.21. The molecule has 0 aliphatic carbocycles. The molecule has 0 aromatic heterocycles. The first-order valence-corrected chi connectivity index (χ1v) is 2.32. The monoisotopic (exact) mass is 114 g/mol. The zero-order valence-corrected chi connectivity index (χ0v) is 4.46. The van der Waals surface area contributed by atoms with Gasteiger partial charge in [-0.15, -0.1) is 0 Å². The highest BCUT2D eigenvalue weighted by molar-refractivity contribution is 5.76. The van der Waals surface area contributed by atoms with Gasteiger partial charge in [-0.2, -0.15) is 10.2 Å². The molecule has 1 rings (SSSR count). The Morgan fingerprint density at radius 1 is 1.88 bits per heavy atom. The van der Waals surface area contributed by atoms with Crippen LogP contribution >= 0.6 is 0 Å². The van der Waals surface area contributed by atoms with Gasteiger partial charge in [-0.05, 0) is 12.1 Å². The molecule has 2 amide bonds. The van der Waals surface area contributed by atoms with Gasteiger partial charge >= 0.3 is 6.03 Å². The normalized spacial score (nSPS) is 19.4. The van der Waals surface area contributed by atoms with E-state index in [1.165, 1.54) is 5.01 Å². The van der Waals surface area contributed by atoms with Crippen molar-refractivity contribution in [2.75, 3.05) is 6.54 Å². The summed E-state index contributed by atoms with van der Waals surface area (Å²) >= 11 is 0. The number of carbonyl (C=O) groups excluding carboxylic acids is 1. The molecule has 1 heterocycles. The molecule has 43 valence electrons. The summed E-state index contributed by atoms with van der Waals surface area (Å²) in [5.74, 6) is 0. The number of carbonyl (C=O) groups is 1. The number of nitrogens with zero attached hydrogens (tertiary/aromatic N) is 3. The third-order valence-electron chi connectivity index (χ3n) is 0.832. The molecular formula is C3H6N4O+. The Morgan fingerprint density at radius 2 is 2.62 bits per heavy atom. The Morgan fingerprint density at radius 3 is 2.88 bits per heavy atom.